The number of hydrogen-bond acceptors (Lipinski definition) is 5. The molecule has 0 aromatic rings. The first kappa shape index (κ1) is 60.1. The molecule has 0 aromatic heterocycles. The van der Waals surface area contributed by atoms with Crippen LogP contribution in [-0.4, -0.2) is 57.3 Å². The fourth-order valence-corrected chi connectivity index (χ4v) is 8.87. The van der Waals surface area contributed by atoms with E-state index in [1.165, 1.54) is 231 Å². The lowest BCUT2D eigenvalue weighted by atomic mass is 10.00. The summed E-state index contributed by atoms with van der Waals surface area (Å²) in [6.45, 7) is 3.97. The number of carbonyl (C=O) groups is 1. The summed E-state index contributed by atoms with van der Waals surface area (Å²) in [6.07, 6.45) is 59.3. The second-order valence-electron chi connectivity index (χ2n) is 19.3. The lowest BCUT2D eigenvalue weighted by molar-refractivity contribution is -0.132. The third kappa shape index (κ3) is 44.1. The summed E-state index contributed by atoms with van der Waals surface area (Å²) in [7, 11) is 0. The van der Waals surface area contributed by atoms with Crippen LogP contribution in [0.5, 0.6) is 0 Å². The molecule has 4 atom stereocenters. The summed E-state index contributed by atoms with van der Waals surface area (Å²) >= 11 is 0. The second-order valence-corrected chi connectivity index (χ2v) is 19.3. The summed E-state index contributed by atoms with van der Waals surface area (Å²) in [5, 5.41) is 43.4. The van der Waals surface area contributed by atoms with E-state index in [4.69, 9.17) is 0 Å². The van der Waals surface area contributed by atoms with Crippen LogP contribution in [0, 0.1) is 0 Å². The maximum atomic E-state index is 12.5. The van der Waals surface area contributed by atoms with Gasteiger partial charge in [0.05, 0.1) is 18.8 Å². The molecule has 5 N–H and O–H groups in total. The molecule has 0 aromatic carbocycles. The van der Waals surface area contributed by atoms with Crippen LogP contribution in [0.1, 0.15) is 303 Å². The molecule has 0 spiro atoms. The minimum absolute atomic E-state index is 0.368. The normalized spacial score (nSPS) is 13.9. The van der Waals surface area contributed by atoms with Crippen molar-refractivity contribution in [3.05, 3.63) is 12.2 Å². The highest BCUT2D eigenvalue weighted by molar-refractivity contribution is 5.80. The van der Waals surface area contributed by atoms with Crippen LogP contribution in [0.2, 0.25) is 0 Å². The molecule has 6 nitrogen and oxygen atoms in total. The largest absolute Gasteiger partial charge is 0.394 e. The highest BCUT2D eigenvalue weighted by atomic mass is 16.3. The van der Waals surface area contributed by atoms with Gasteiger partial charge in [-0.1, -0.05) is 283 Å². The van der Waals surface area contributed by atoms with E-state index in [0.717, 1.165) is 44.9 Å². The number of aliphatic hydroxyl groups is 4. The van der Waals surface area contributed by atoms with Crippen molar-refractivity contribution in [2.24, 2.45) is 0 Å². The zero-order valence-corrected chi connectivity index (χ0v) is 41.2. The first-order valence-corrected chi connectivity index (χ1v) is 27.6. The van der Waals surface area contributed by atoms with Gasteiger partial charge in [-0.05, 0) is 32.1 Å². The first-order chi connectivity index (χ1) is 30.0. The van der Waals surface area contributed by atoms with Gasteiger partial charge in [-0.15, -0.1) is 0 Å². The predicted octanol–water partition coefficient (Wildman–Crippen LogP) is 15.7. The summed E-state index contributed by atoms with van der Waals surface area (Å²) in [5.41, 5.74) is 0. The third-order valence-electron chi connectivity index (χ3n) is 13.2. The average Bonchev–Trinajstić information content (AvgIpc) is 3.26. The number of hydrogen-bond donors (Lipinski definition) is 5. The van der Waals surface area contributed by atoms with E-state index < -0.39 is 36.9 Å². The fraction of sp³-hybridized carbons (Fsp3) is 0.945. The van der Waals surface area contributed by atoms with E-state index in [9.17, 15) is 25.2 Å². The zero-order chi connectivity index (χ0) is 44.5. The van der Waals surface area contributed by atoms with Gasteiger partial charge in [0.25, 0.3) is 0 Å². The molecule has 0 saturated heterocycles. The van der Waals surface area contributed by atoms with Crippen LogP contribution in [0.25, 0.3) is 0 Å². The number of aliphatic hydroxyl groups excluding tert-OH is 4. The fourth-order valence-electron chi connectivity index (χ4n) is 8.87. The standard InChI is InChI=1S/C55H109NO5/c1-3-5-7-9-11-12-13-14-15-16-17-18-19-20-21-22-23-24-25-26-27-28-29-30-31-32-33-34-35-36-37-38-39-40-41-43-45-47-49-53(59)55(61)56-51(50-57)54(60)52(58)48-46-44-42-10-8-6-4-2/h10,42,51-54,57-60H,3-9,11-41,43-50H2,1-2H3,(H,56,61)/b42-10+. The lowest BCUT2D eigenvalue weighted by Crippen LogP contribution is -2.53. The van der Waals surface area contributed by atoms with Crippen LogP contribution < -0.4 is 5.32 Å². The van der Waals surface area contributed by atoms with Crippen LogP contribution in [0.4, 0.5) is 0 Å². The van der Waals surface area contributed by atoms with Gasteiger partial charge in [-0.3, -0.25) is 4.79 Å². The minimum atomic E-state index is -1.28. The number of unbranched alkanes of at least 4 members (excludes halogenated alkanes) is 40. The molecule has 0 bridgehead atoms. The van der Waals surface area contributed by atoms with E-state index in [2.05, 4.69) is 31.3 Å². The molecule has 364 valence electrons. The summed E-state index contributed by atoms with van der Waals surface area (Å²) < 4.78 is 0. The summed E-state index contributed by atoms with van der Waals surface area (Å²) in [4.78, 5) is 12.5. The van der Waals surface area contributed by atoms with Gasteiger partial charge in [0.2, 0.25) is 5.91 Å². The lowest BCUT2D eigenvalue weighted by Gasteiger charge is -2.27. The highest BCUT2D eigenvalue weighted by Gasteiger charge is 2.28. The number of nitrogens with one attached hydrogen (secondary N) is 1. The SMILES string of the molecule is CCCC/C=C/CCCC(O)C(O)C(CO)NC(=O)C(O)CCCCCCCCCCCCCCCCCCCCCCCCCCCCCCCCCCCCCCCC. The molecule has 0 radical (unpaired) electrons. The van der Waals surface area contributed by atoms with Gasteiger partial charge in [0, 0.05) is 0 Å². The van der Waals surface area contributed by atoms with Crippen LogP contribution in [0.15, 0.2) is 12.2 Å². The van der Waals surface area contributed by atoms with Gasteiger partial charge in [-0.25, -0.2) is 0 Å². The van der Waals surface area contributed by atoms with Gasteiger partial charge in [0.15, 0.2) is 0 Å². The molecule has 1 amide bonds. The Labute approximate surface area is 381 Å². The van der Waals surface area contributed by atoms with Crippen molar-refractivity contribution in [3.8, 4) is 0 Å². The number of amides is 1. The molecule has 0 aliphatic rings. The Hall–Kier alpha value is -0.950. The molecule has 0 rings (SSSR count). The van der Waals surface area contributed by atoms with Crippen molar-refractivity contribution in [1.82, 2.24) is 5.32 Å². The highest BCUT2D eigenvalue weighted by Crippen LogP contribution is 2.18. The van der Waals surface area contributed by atoms with Crippen molar-refractivity contribution >= 4 is 5.91 Å². The Morgan fingerprint density at radius 3 is 0.967 bits per heavy atom. The van der Waals surface area contributed by atoms with E-state index in [-0.39, 0.29) is 0 Å². The molecular weight excluding hydrogens is 755 g/mol. The monoisotopic (exact) mass is 864 g/mol. The molecule has 0 aliphatic carbocycles. The van der Waals surface area contributed by atoms with Crippen molar-refractivity contribution in [2.75, 3.05) is 6.61 Å². The third-order valence-corrected chi connectivity index (χ3v) is 13.2. The van der Waals surface area contributed by atoms with Crippen molar-refractivity contribution < 1.29 is 25.2 Å². The Bertz CT molecular complexity index is 882. The Kier molecular flexibility index (Phi) is 49.3. The van der Waals surface area contributed by atoms with E-state index in [1.807, 2.05) is 0 Å². The van der Waals surface area contributed by atoms with E-state index >= 15 is 0 Å². The summed E-state index contributed by atoms with van der Waals surface area (Å²) in [5.74, 6) is -0.592. The topological polar surface area (TPSA) is 110 Å². The number of carbonyl (C=O) groups excluding carboxylic acids is 1. The van der Waals surface area contributed by atoms with Crippen LogP contribution in [0.3, 0.4) is 0 Å². The smallest absolute Gasteiger partial charge is 0.249 e. The van der Waals surface area contributed by atoms with Crippen LogP contribution >= 0.6 is 0 Å². The van der Waals surface area contributed by atoms with Gasteiger partial charge in [-0.2, -0.15) is 0 Å². The van der Waals surface area contributed by atoms with Gasteiger partial charge < -0.3 is 25.7 Å². The molecule has 0 fully saturated rings. The molecule has 0 aliphatic heterocycles. The maximum absolute atomic E-state index is 12.5. The molecule has 61 heavy (non-hydrogen) atoms. The Morgan fingerprint density at radius 2 is 0.672 bits per heavy atom. The molecule has 4 unspecified atom stereocenters. The molecule has 6 heteroatoms. The number of rotatable bonds is 51. The van der Waals surface area contributed by atoms with Gasteiger partial charge in [0.1, 0.15) is 12.2 Å². The predicted molar refractivity (Wildman–Crippen MR) is 265 cm³/mol. The van der Waals surface area contributed by atoms with Crippen molar-refractivity contribution in [3.63, 3.8) is 0 Å². The van der Waals surface area contributed by atoms with Crippen molar-refractivity contribution in [1.29, 1.82) is 0 Å². The second kappa shape index (κ2) is 50.1. The minimum Gasteiger partial charge on any atom is -0.394 e. The van der Waals surface area contributed by atoms with Crippen molar-refractivity contribution in [2.45, 2.75) is 327 Å². The van der Waals surface area contributed by atoms with Gasteiger partial charge >= 0.3 is 0 Å². The zero-order valence-electron chi connectivity index (χ0n) is 41.2. The molecular formula is C55H109NO5. The molecule has 0 heterocycles. The van der Waals surface area contributed by atoms with Crippen LogP contribution in [-0.2, 0) is 4.79 Å². The average molecular weight is 864 g/mol. The maximum Gasteiger partial charge on any atom is 0.249 e. The van der Waals surface area contributed by atoms with E-state index in [0.29, 0.717) is 12.8 Å². The first-order valence-electron chi connectivity index (χ1n) is 27.6. The summed E-state index contributed by atoms with van der Waals surface area (Å²) in [6, 6.07) is -0.995. The Balaban J connectivity index is 3.39. The quantitative estimate of drug-likeness (QED) is 0.0309. The Morgan fingerprint density at radius 1 is 0.393 bits per heavy atom. The number of allylic oxidation sites excluding steroid dienone is 2. The molecule has 0 saturated carbocycles. The van der Waals surface area contributed by atoms with E-state index in [1.54, 1.807) is 0 Å².